The van der Waals surface area contributed by atoms with E-state index < -0.39 is 0 Å². The summed E-state index contributed by atoms with van der Waals surface area (Å²) < 4.78 is 0. The highest BCUT2D eigenvalue weighted by Gasteiger charge is 2.25. The van der Waals surface area contributed by atoms with E-state index in [0.717, 1.165) is 13.0 Å². The molecule has 0 aliphatic carbocycles. The summed E-state index contributed by atoms with van der Waals surface area (Å²) in [4.78, 5) is 13.1. The number of amides is 1. The minimum absolute atomic E-state index is 0.203. The lowest BCUT2D eigenvalue weighted by atomic mass is 9.96. The average molecular weight is 171 g/mol. The van der Waals surface area contributed by atoms with E-state index in [9.17, 15) is 9.90 Å². The van der Waals surface area contributed by atoms with Gasteiger partial charge in [-0.2, -0.15) is 0 Å². The van der Waals surface area contributed by atoms with Crippen molar-refractivity contribution in [1.82, 2.24) is 4.90 Å². The summed E-state index contributed by atoms with van der Waals surface area (Å²) >= 11 is 0. The largest absolute Gasteiger partial charge is 0.393 e. The number of carbonyl (C=O) groups excluding carboxylic acids is 1. The summed E-state index contributed by atoms with van der Waals surface area (Å²) in [6, 6.07) is 0. The van der Waals surface area contributed by atoms with Gasteiger partial charge in [0.05, 0.1) is 6.10 Å². The molecule has 0 aromatic carbocycles. The first-order valence-electron chi connectivity index (χ1n) is 4.61. The summed E-state index contributed by atoms with van der Waals surface area (Å²) in [6.45, 7) is 5.30. The quantitative estimate of drug-likeness (QED) is 0.628. The summed E-state index contributed by atoms with van der Waals surface area (Å²) in [6.07, 6.45) is 1.08. The monoisotopic (exact) mass is 171 g/mol. The third-order valence-electron chi connectivity index (χ3n) is 2.52. The van der Waals surface area contributed by atoms with Gasteiger partial charge < -0.3 is 10.0 Å². The number of hydrogen-bond acceptors (Lipinski definition) is 2. The number of likely N-dealkylation sites (tertiary alicyclic amines) is 1. The molecule has 1 saturated heterocycles. The molecule has 0 aromatic heterocycles. The zero-order valence-corrected chi connectivity index (χ0v) is 7.79. The van der Waals surface area contributed by atoms with Crippen molar-refractivity contribution in [3.8, 4) is 0 Å². The summed E-state index contributed by atoms with van der Waals surface area (Å²) in [5.74, 6) is 0.433. The Kier molecular flexibility index (Phi) is 3.09. The van der Waals surface area contributed by atoms with Crippen molar-refractivity contribution in [2.24, 2.45) is 5.92 Å². The van der Waals surface area contributed by atoms with Crippen LogP contribution in [-0.4, -0.2) is 35.1 Å². The highest BCUT2D eigenvalue weighted by Crippen LogP contribution is 2.16. The van der Waals surface area contributed by atoms with Gasteiger partial charge >= 0.3 is 0 Å². The van der Waals surface area contributed by atoms with E-state index in [-0.39, 0.29) is 17.9 Å². The molecule has 1 heterocycles. The van der Waals surface area contributed by atoms with E-state index in [2.05, 4.69) is 0 Å². The van der Waals surface area contributed by atoms with Crippen LogP contribution in [0.3, 0.4) is 0 Å². The van der Waals surface area contributed by atoms with Crippen molar-refractivity contribution in [2.75, 3.05) is 13.1 Å². The Balaban J connectivity index is 2.45. The highest BCUT2D eigenvalue weighted by molar-refractivity contribution is 5.75. The molecule has 1 fully saturated rings. The fourth-order valence-corrected chi connectivity index (χ4v) is 1.58. The van der Waals surface area contributed by atoms with Crippen LogP contribution >= 0.6 is 0 Å². The molecule has 3 heteroatoms. The van der Waals surface area contributed by atoms with Crippen molar-refractivity contribution < 1.29 is 9.90 Å². The van der Waals surface area contributed by atoms with E-state index in [1.807, 2.05) is 18.7 Å². The zero-order valence-electron chi connectivity index (χ0n) is 7.79. The summed E-state index contributed by atoms with van der Waals surface area (Å²) in [7, 11) is 0. The molecule has 1 aliphatic rings. The van der Waals surface area contributed by atoms with Gasteiger partial charge in [0, 0.05) is 19.5 Å². The van der Waals surface area contributed by atoms with Gasteiger partial charge in [0.2, 0.25) is 5.91 Å². The Morgan fingerprint density at radius 2 is 2.33 bits per heavy atom. The lowest BCUT2D eigenvalue weighted by Gasteiger charge is -2.34. The molecule has 0 aromatic rings. The van der Waals surface area contributed by atoms with Crippen molar-refractivity contribution >= 4 is 5.91 Å². The molecular formula is C9H17NO2. The lowest BCUT2D eigenvalue weighted by molar-refractivity contribution is -0.134. The summed E-state index contributed by atoms with van der Waals surface area (Å²) in [5.41, 5.74) is 0. The van der Waals surface area contributed by atoms with Crippen LogP contribution in [0.5, 0.6) is 0 Å². The number of rotatable bonds is 1. The Morgan fingerprint density at radius 3 is 2.83 bits per heavy atom. The maximum atomic E-state index is 11.3. The minimum Gasteiger partial charge on any atom is -0.393 e. The third-order valence-corrected chi connectivity index (χ3v) is 2.52. The molecule has 1 rings (SSSR count). The minimum atomic E-state index is -0.217. The highest BCUT2D eigenvalue weighted by atomic mass is 16.3. The second kappa shape index (κ2) is 3.90. The fraction of sp³-hybridized carbons (Fsp3) is 0.889. The molecule has 0 saturated carbocycles. The SMILES string of the molecule is CCC(=O)N1CCC(O)C(C)C1. The fourth-order valence-electron chi connectivity index (χ4n) is 1.58. The molecule has 2 unspecified atom stereocenters. The van der Waals surface area contributed by atoms with Gasteiger partial charge in [0.25, 0.3) is 0 Å². The lowest BCUT2D eigenvalue weighted by Crippen LogP contribution is -2.44. The van der Waals surface area contributed by atoms with Gasteiger partial charge in [-0.25, -0.2) is 0 Å². The maximum Gasteiger partial charge on any atom is 0.222 e. The van der Waals surface area contributed by atoms with E-state index >= 15 is 0 Å². The molecule has 1 N–H and O–H groups in total. The first kappa shape index (κ1) is 9.52. The van der Waals surface area contributed by atoms with Crippen LogP contribution in [-0.2, 0) is 4.79 Å². The number of carbonyl (C=O) groups is 1. The molecule has 1 amide bonds. The summed E-state index contributed by atoms with van der Waals surface area (Å²) in [5, 5.41) is 9.41. The van der Waals surface area contributed by atoms with Gasteiger partial charge in [0.1, 0.15) is 0 Å². The van der Waals surface area contributed by atoms with Crippen LogP contribution in [0.2, 0.25) is 0 Å². The van der Waals surface area contributed by atoms with Crippen LogP contribution in [0.1, 0.15) is 26.7 Å². The molecule has 0 radical (unpaired) electrons. The van der Waals surface area contributed by atoms with E-state index in [1.165, 1.54) is 0 Å². The number of hydrogen-bond donors (Lipinski definition) is 1. The Morgan fingerprint density at radius 1 is 1.67 bits per heavy atom. The van der Waals surface area contributed by atoms with Crippen LogP contribution < -0.4 is 0 Å². The van der Waals surface area contributed by atoms with E-state index in [4.69, 9.17) is 0 Å². The predicted molar refractivity (Wildman–Crippen MR) is 46.7 cm³/mol. The molecule has 0 spiro atoms. The topological polar surface area (TPSA) is 40.5 Å². The van der Waals surface area contributed by atoms with Crippen LogP contribution in [0, 0.1) is 5.92 Å². The van der Waals surface area contributed by atoms with Crippen molar-refractivity contribution in [2.45, 2.75) is 32.8 Å². The van der Waals surface area contributed by atoms with Crippen molar-refractivity contribution in [3.63, 3.8) is 0 Å². The molecule has 70 valence electrons. The first-order chi connectivity index (χ1) is 5.65. The van der Waals surface area contributed by atoms with Crippen molar-refractivity contribution in [3.05, 3.63) is 0 Å². The predicted octanol–water partition coefficient (Wildman–Crippen LogP) is 0.626. The second-order valence-corrected chi connectivity index (χ2v) is 3.53. The van der Waals surface area contributed by atoms with E-state index in [0.29, 0.717) is 13.0 Å². The zero-order chi connectivity index (χ0) is 9.14. The third kappa shape index (κ3) is 1.97. The van der Waals surface area contributed by atoms with Crippen LogP contribution in [0.4, 0.5) is 0 Å². The Labute approximate surface area is 73.4 Å². The van der Waals surface area contributed by atoms with Crippen molar-refractivity contribution in [1.29, 1.82) is 0 Å². The maximum absolute atomic E-state index is 11.3. The van der Waals surface area contributed by atoms with E-state index in [1.54, 1.807) is 0 Å². The standard InChI is InChI=1S/C9H17NO2/c1-3-9(12)10-5-4-8(11)7(2)6-10/h7-8,11H,3-6H2,1-2H3. The number of aliphatic hydroxyl groups is 1. The number of aliphatic hydroxyl groups excluding tert-OH is 1. The smallest absolute Gasteiger partial charge is 0.222 e. The Bertz CT molecular complexity index is 170. The van der Waals surface area contributed by atoms with Gasteiger partial charge in [-0.15, -0.1) is 0 Å². The normalized spacial score (nSPS) is 30.4. The average Bonchev–Trinajstić information content (AvgIpc) is 2.08. The van der Waals surface area contributed by atoms with Gasteiger partial charge in [-0.05, 0) is 12.3 Å². The first-order valence-corrected chi connectivity index (χ1v) is 4.61. The molecule has 12 heavy (non-hydrogen) atoms. The molecular weight excluding hydrogens is 154 g/mol. The Hall–Kier alpha value is -0.570. The van der Waals surface area contributed by atoms with Gasteiger partial charge in [-0.3, -0.25) is 4.79 Å². The molecule has 3 nitrogen and oxygen atoms in total. The van der Waals surface area contributed by atoms with Gasteiger partial charge in [-0.1, -0.05) is 13.8 Å². The van der Waals surface area contributed by atoms with Crippen LogP contribution in [0.15, 0.2) is 0 Å². The van der Waals surface area contributed by atoms with Crippen LogP contribution in [0.25, 0.3) is 0 Å². The molecule has 1 aliphatic heterocycles. The number of nitrogens with zero attached hydrogens (tertiary/aromatic N) is 1. The second-order valence-electron chi connectivity index (χ2n) is 3.53. The van der Waals surface area contributed by atoms with Gasteiger partial charge in [0.15, 0.2) is 0 Å². The molecule has 2 atom stereocenters. The molecule has 0 bridgehead atoms. The number of piperidine rings is 1.